The van der Waals surface area contributed by atoms with E-state index in [-0.39, 0.29) is 18.4 Å². The Morgan fingerprint density at radius 2 is 2.54 bits per heavy atom. The van der Waals surface area contributed by atoms with Crippen LogP contribution in [0, 0.1) is 5.92 Å². The first-order valence-electron chi connectivity index (χ1n) is 4.16. The summed E-state index contributed by atoms with van der Waals surface area (Å²) in [5, 5.41) is 5.10. The molecule has 0 saturated carbocycles. The third-order valence-electron chi connectivity index (χ3n) is 2.00. The lowest BCUT2D eigenvalue weighted by Gasteiger charge is -2.21. The summed E-state index contributed by atoms with van der Waals surface area (Å²) >= 11 is 0. The van der Waals surface area contributed by atoms with Crippen molar-refractivity contribution in [3.8, 4) is 0 Å². The van der Waals surface area contributed by atoms with Crippen LogP contribution in [-0.2, 0) is 9.63 Å². The fourth-order valence-electron chi connectivity index (χ4n) is 1.28. The molecule has 6 heteroatoms. The molecule has 0 unspecified atom stereocenters. The van der Waals surface area contributed by atoms with Crippen LogP contribution in [-0.4, -0.2) is 25.1 Å². The summed E-state index contributed by atoms with van der Waals surface area (Å²) in [4.78, 5) is 25.6. The highest BCUT2D eigenvalue weighted by Crippen LogP contribution is 2.09. The molecule has 0 aromatic heterocycles. The Labute approximate surface area is 75.8 Å². The average molecular weight is 187 g/mol. The van der Waals surface area contributed by atoms with Crippen LogP contribution in [0.3, 0.4) is 0 Å². The molecule has 0 aliphatic carbocycles. The van der Waals surface area contributed by atoms with Gasteiger partial charge in [-0.05, 0) is 12.8 Å². The molecule has 1 fully saturated rings. The van der Waals surface area contributed by atoms with Gasteiger partial charge in [-0.1, -0.05) is 0 Å². The van der Waals surface area contributed by atoms with E-state index in [4.69, 9.17) is 0 Å². The van der Waals surface area contributed by atoms with Crippen LogP contribution in [0.2, 0.25) is 0 Å². The largest absolute Gasteiger partial charge is 0.425 e. The Kier molecular flexibility index (Phi) is 3.51. The molecule has 1 rings (SSSR count). The molecule has 1 atom stereocenters. The second-order valence-corrected chi connectivity index (χ2v) is 2.92. The maximum Gasteiger partial charge on any atom is 0.425 e. The molecule has 13 heavy (non-hydrogen) atoms. The van der Waals surface area contributed by atoms with Crippen LogP contribution < -0.4 is 16.5 Å². The first-order valence-corrected chi connectivity index (χ1v) is 4.16. The first-order chi connectivity index (χ1) is 6.24. The van der Waals surface area contributed by atoms with Gasteiger partial charge in [0.2, 0.25) is 5.91 Å². The maximum atomic E-state index is 11.2. The summed E-state index contributed by atoms with van der Waals surface area (Å²) < 4.78 is 0. The highest BCUT2D eigenvalue weighted by Gasteiger charge is 2.22. The third-order valence-corrected chi connectivity index (χ3v) is 2.00. The van der Waals surface area contributed by atoms with Crippen molar-refractivity contribution in [1.29, 1.82) is 0 Å². The lowest BCUT2D eigenvalue weighted by Crippen LogP contribution is -2.43. The Hall–Kier alpha value is -1.30. The Balaban J connectivity index is 2.26. The van der Waals surface area contributed by atoms with Gasteiger partial charge in [0.1, 0.15) is 0 Å². The minimum absolute atomic E-state index is 0.0245. The van der Waals surface area contributed by atoms with E-state index >= 15 is 0 Å². The predicted octanol–water partition coefficient (Wildman–Crippen LogP) is -0.888. The Bertz CT molecular complexity index is 207. The van der Waals surface area contributed by atoms with Gasteiger partial charge in [-0.3, -0.25) is 4.79 Å². The van der Waals surface area contributed by atoms with Gasteiger partial charge >= 0.3 is 6.09 Å². The quantitative estimate of drug-likeness (QED) is 0.489. The maximum absolute atomic E-state index is 11.2. The summed E-state index contributed by atoms with van der Waals surface area (Å²) in [5.74, 6) is 4.43. The molecule has 1 aliphatic rings. The Morgan fingerprint density at radius 3 is 3.15 bits per heavy atom. The number of rotatable bonds is 2. The van der Waals surface area contributed by atoms with Crippen LogP contribution in [0.15, 0.2) is 0 Å². The highest BCUT2D eigenvalue weighted by molar-refractivity contribution is 5.80. The van der Waals surface area contributed by atoms with Crippen LogP contribution in [0.4, 0.5) is 4.79 Å². The molecule has 0 spiro atoms. The molecule has 74 valence electrons. The topological polar surface area (TPSA) is 93.4 Å². The molecule has 0 aromatic carbocycles. The van der Waals surface area contributed by atoms with E-state index in [1.165, 1.54) is 0 Å². The molecule has 4 N–H and O–H groups in total. The lowest BCUT2D eigenvalue weighted by molar-refractivity contribution is -0.126. The van der Waals surface area contributed by atoms with Gasteiger partial charge in [-0.15, -0.1) is 0 Å². The highest BCUT2D eigenvalue weighted by atomic mass is 16.7. The van der Waals surface area contributed by atoms with Crippen molar-refractivity contribution < 1.29 is 14.4 Å². The van der Waals surface area contributed by atoms with Gasteiger partial charge in [-0.2, -0.15) is 5.90 Å². The van der Waals surface area contributed by atoms with Gasteiger partial charge in [0, 0.05) is 13.1 Å². The second kappa shape index (κ2) is 4.66. The Morgan fingerprint density at radius 1 is 1.77 bits per heavy atom. The molecule has 0 radical (unpaired) electrons. The second-order valence-electron chi connectivity index (χ2n) is 2.92. The van der Waals surface area contributed by atoms with Crippen LogP contribution in [0.5, 0.6) is 0 Å². The number of carbonyl (C=O) groups is 2. The summed E-state index contributed by atoms with van der Waals surface area (Å²) in [7, 11) is 0. The predicted molar refractivity (Wildman–Crippen MR) is 44.4 cm³/mol. The summed E-state index contributed by atoms with van der Waals surface area (Å²) in [6, 6.07) is 0. The van der Waals surface area contributed by atoms with Gasteiger partial charge in [0.15, 0.2) is 0 Å². The molecular weight excluding hydrogens is 174 g/mol. The monoisotopic (exact) mass is 187 g/mol. The summed E-state index contributed by atoms with van der Waals surface area (Å²) in [6.45, 7) is 0.999. The van der Waals surface area contributed by atoms with Crippen LogP contribution in [0.1, 0.15) is 12.8 Å². The molecule has 0 aromatic rings. The number of hydrogen-bond acceptors (Lipinski definition) is 4. The van der Waals surface area contributed by atoms with Crippen molar-refractivity contribution in [3.05, 3.63) is 0 Å². The fraction of sp³-hybridized carbons (Fsp3) is 0.714. The van der Waals surface area contributed by atoms with Crippen molar-refractivity contribution in [2.45, 2.75) is 12.8 Å². The molecule has 1 saturated heterocycles. The zero-order valence-corrected chi connectivity index (χ0v) is 7.21. The van der Waals surface area contributed by atoms with E-state index in [2.05, 4.69) is 21.4 Å². The smallest absolute Gasteiger partial charge is 0.357 e. The molecule has 1 heterocycles. The number of amides is 2. The van der Waals surface area contributed by atoms with Gasteiger partial charge in [-0.25, -0.2) is 4.79 Å². The van der Waals surface area contributed by atoms with Crippen LogP contribution in [0.25, 0.3) is 0 Å². The van der Waals surface area contributed by atoms with E-state index in [0.29, 0.717) is 0 Å². The van der Waals surface area contributed by atoms with E-state index < -0.39 is 6.09 Å². The molecule has 2 amide bonds. The number of nitrogens with two attached hydrogens (primary N) is 1. The summed E-state index contributed by atoms with van der Waals surface area (Å²) in [5.41, 5.74) is 0. The standard InChI is InChI=1S/C7H13N3O3/c8-13-7(12)10-4-5-2-1-3-9-6(5)11/h5H,1-4,8H2,(H,9,11)(H,10,12)/t5-/m0/s1. The van der Waals surface area contributed by atoms with Crippen LogP contribution >= 0.6 is 0 Å². The third kappa shape index (κ3) is 2.90. The molecule has 6 nitrogen and oxygen atoms in total. The zero-order chi connectivity index (χ0) is 9.68. The number of carbonyl (C=O) groups excluding carboxylic acids is 2. The lowest BCUT2D eigenvalue weighted by atomic mass is 9.99. The number of hydrogen-bond donors (Lipinski definition) is 3. The SMILES string of the molecule is NOC(=O)NC[C@@H]1CCCNC1=O. The van der Waals surface area contributed by atoms with E-state index in [1.807, 2.05) is 0 Å². The average Bonchev–Trinajstić information content (AvgIpc) is 2.16. The number of nitrogens with one attached hydrogen (secondary N) is 2. The summed E-state index contributed by atoms with van der Waals surface area (Å²) in [6.07, 6.45) is 1.02. The van der Waals surface area contributed by atoms with E-state index in [1.54, 1.807) is 0 Å². The minimum atomic E-state index is -0.710. The fourth-order valence-corrected chi connectivity index (χ4v) is 1.28. The minimum Gasteiger partial charge on any atom is -0.357 e. The van der Waals surface area contributed by atoms with Gasteiger partial charge < -0.3 is 15.5 Å². The van der Waals surface area contributed by atoms with E-state index in [9.17, 15) is 9.59 Å². The van der Waals surface area contributed by atoms with E-state index in [0.717, 1.165) is 19.4 Å². The van der Waals surface area contributed by atoms with Crippen molar-refractivity contribution >= 4 is 12.0 Å². The van der Waals surface area contributed by atoms with Gasteiger partial charge in [0.05, 0.1) is 5.92 Å². The van der Waals surface area contributed by atoms with Crippen molar-refractivity contribution in [3.63, 3.8) is 0 Å². The van der Waals surface area contributed by atoms with Crippen molar-refractivity contribution in [2.24, 2.45) is 11.8 Å². The van der Waals surface area contributed by atoms with Gasteiger partial charge in [0.25, 0.3) is 0 Å². The molecule has 0 bridgehead atoms. The normalized spacial score (nSPS) is 21.9. The molecule has 1 aliphatic heterocycles. The number of piperidine rings is 1. The zero-order valence-electron chi connectivity index (χ0n) is 7.21. The molecular formula is C7H13N3O3. The van der Waals surface area contributed by atoms with Crippen molar-refractivity contribution in [2.75, 3.05) is 13.1 Å². The first kappa shape index (κ1) is 9.79. The van der Waals surface area contributed by atoms with Crippen molar-refractivity contribution in [1.82, 2.24) is 10.6 Å².